The number of benzene rings is 1. The summed E-state index contributed by atoms with van der Waals surface area (Å²) in [5.74, 6) is 0.802. The van der Waals surface area contributed by atoms with Gasteiger partial charge in [0.2, 0.25) is 10.0 Å². The summed E-state index contributed by atoms with van der Waals surface area (Å²) in [6.07, 6.45) is 1.55. The molecule has 0 spiro atoms. The first kappa shape index (κ1) is 23.4. The van der Waals surface area contributed by atoms with Crippen LogP contribution in [-0.2, 0) is 23.2 Å². The Kier molecular flexibility index (Phi) is 7.85. The zero-order chi connectivity index (χ0) is 22.4. The highest BCUT2D eigenvalue weighted by Crippen LogP contribution is 2.25. The SMILES string of the molecule is CCCN(CCC)S(=O)(=O)c1c(C)nn(Cc2csc(COc3ccccc3)n2)c1C. The third-order valence-corrected chi connectivity index (χ3v) is 7.90. The van der Waals surface area contributed by atoms with Crippen molar-refractivity contribution in [1.82, 2.24) is 19.1 Å². The van der Waals surface area contributed by atoms with E-state index in [9.17, 15) is 8.42 Å². The minimum atomic E-state index is -3.58. The van der Waals surface area contributed by atoms with Gasteiger partial charge in [0.25, 0.3) is 0 Å². The lowest BCUT2D eigenvalue weighted by Crippen LogP contribution is -2.33. The van der Waals surface area contributed by atoms with Crippen LogP contribution in [0.15, 0.2) is 40.6 Å². The molecule has 3 rings (SSSR count). The molecular weight excluding hydrogens is 432 g/mol. The molecule has 1 aromatic carbocycles. The van der Waals surface area contributed by atoms with Gasteiger partial charge >= 0.3 is 0 Å². The van der Waals surface area contributed by atoms with Gasteiger partial charge in [-0.05, 0) is 38.8 Å². The highest BCUT2D eigenvalue weighted by Gasteiger charge is 2.30. The Balaban J connectivity index is 1.76. The van der Waals surface area contributed by atoms with E-state index >= 15 is 0 Å². The molecule has 0 radical (unpaired) electrons. The van der Waals surface area contributed by atoms with Crippen LogP contribution in [0.5, 0.6) is 5.75 Å². The predicted molar refractivity (Wildman–Crippen MR) is 123 cm³/mol. The number of sulfonamides is 1. The van der Waals surface area contributed by atoms with E-state index in [0.29, 0.717) is 42.5 Å². The second-order valence-electron chi connectivity index (χ2n) is 7.40. The molecule has 0 aliphatic rings. The molecule has 0 atom stereocenters. The molecule has 3 aromatic rings. The molecule has 0 unspecified atom stereocenters. The van der Waals surface area contributed by atoms with E-state index in [1.165, 1.54) is 11.3 Å². The number of thiazole rings is 1. The maximum absolute atomic E-state index is 13.3. The highest BCUT2D eigenvalue weighted by molar-refractivity contribution is 7.89. The first-order valence-electron chi connectivity index (χ1n) is 10.5. The van der Waals surface area contributed by atoms with E-state index in [1.807, 2.05) is 56.5 Å². The van der Waals surface area contributed by atoms with E-state index in [4.69, 9.17) is 4.74 Å². The van der Waals surface area contributed by atoms with Gasteiger partial charge in [-0.1, -0.05) is 32.0 Å². The fourth-order valence-corrected chi connectivity index (χ4v) is 6.18. The summed E-state index contributed by atoms with van der Waals surface area (Å²) in [6.45, 7) is 9.39. The third kappa shape index (κ3) is 5.53. The van der Waals surface area contributed by atoms with Crippen molar-refractivity contribution in [1.29, 1.82) is 0 Å². The van der Waals surface area contributed by atoms with Gasteiger partial charge in [-0.3, -0.25) is 4.68 Å². The summed E-state index contributed by atoms with van der Waals surface area (Å²) in [7, 11) is -3.58. The zero-order valence-corrected chi connectivity index (χ0v) is 20.2. The number of nitrogens with zero attached hydrogens (tertiary/aromatic N) is 4. The number of aromatic nitrogens is 3. The molecule has 168 valence electrons. The molecule has 0 N–H and O–H groups in total. The summed E-state index contributed by atoms with van der Waals surface area (Å²) in [4.78, 5) is 4.95. The summed E-state index contributed by atoms with van der Waals surface area (Å²) in [5.41, 5.74) is 2.01. The van der Waals surface area contributed by atoms with Crippen molar-refractivity contribution < 1.29 is 13.2 Å². The van der Waals surface area contributed by atoms with Gasteiger partial charge in [0.1, 0.15) is 22.3 Å². The Morgan fingerprint density at radius 2 is 1.77 bits per heavy atom. The number of aryl methyl sites for hydroxylation is 1. The second-order valence-corrected chi connectivity index (χ2v) is 10.2. The molecule has 7 nitrogen and oxygen atoms in total. The molecular formula is C22H30N4O3S2. The molecule has 0 fully saturated rings. The van der Waals surface area contributed by atoms with E-state index in [-0.39, 0.29) is 0 Å². The number of rotatable bonds is 11. The van der Waals surface area contributed by atoms with Gasteiger partial charge in [0, 0.05) is 18.5 Å². The lowest BCUT2D eigenvalue weighted by atomic mass is 10.3. The van der Waals surface area contributed by atoms with E-state index in [0.717, 1.165) is 29.3 Å². The maximum Gasteiger partial charge on any atom is 0.246 e. The molecule has 0 bridgehead atoms. The van der Waals surface area contributed by atoms with E-state index in [2.05, 4.69) is 10.1 Å². The molecule has 31 heavy (non-hydrogen) atoms. The van der Waals surface area contributed by atoms with Crippen molar-refractivity contribution in [2.45, 2.75) is 58.6 Å². The Morgan fingerprint density at radius 1 is 1.10 bits per heavy atom. The van der Waals surface area contributed by atoms with Crippen molar-refractivity contribution in [2.75, 3.05) is 13.1 Å². The van der Waals surface area contributed by atoms with Crippen LogP contribution in [0.1, 0.15) is 48.8 Å². The van der Waals surface area contributed by atoms with E-state index in [1.54, 1.807) is 15.9 Å². The summed E-state index contributed by atoms with van der Waals surface area (Å²) in [6, 6.07) is 9.62. The molecule has 0 aliphatic heterocycles. The van der Waals surface area contributed by atoms with Gasteiger partial charge in [-0.25, -0.2) is 13.4 Å². The van der Waals surface area contributed by atoms with E-state index < -0.39 is 10.0 Å². The Morgan fingerprint density at radius 3 is 2.42 bits per heavy atom. The Bertz CT molecular complexity index is 1090. The van der Waals surface area contributed by atoms with Crippen LogP contribution in [0, 0.1) is 13.8 Å². The number of hydrogen-bond donors (Lipinski definition) is 0. The molecule has 2 aromatic heterocycles. The topological polar surface area (TPSA) is 77.3 Å². The van der Waals surface area contributed by atoms with Crippen LogP contribution in [0.25, 0.3) is 0 Å². The van der Waals surface area contributed by atoms with Gasteiger partial charge in [0.05, 0.1) is 23.6 Å². The number of para-hydroxylation sites is 1. The van der Waals surface area contributed by atoms with Crippen LogP contribution < -0.4 is 4.74 Å². The molecule has 0 saturated carbocycles. The predicted octanol–water partition coefficient (Wildman–Crippen LogP) is 4.39. The fraction of sp³-hybridized carbons (Fsp3) is 0.455. The highest BCUT2D eigenvalue weighted by atomic mass is 32.2. The minimum absolute atomic E-state index is 0.317. The Labute approximate surface area is 188 Å². The molecule has 0 aliphatic carbocycles. The van der Waals surface area contributed by atoms with Crippen molar-refractivity contribution in [2.24, 2.45) is 0 Å². The first-order valence-corrected chi connectivity index (χ1v) is 12.8. The average Bonchev–Trinajstić information content (AvgIpc) is 3.31. The van der Waals surface area contributed by atoms with Crippen LogP contribution in [0.2, 0.25) is 0 Å². The monoisotopic (exact) mass is 462 g/mol. The van der Waals surface area contributed by atoms with Gasteiger partial charge in [-0.2, -0.15) is 9.40 Å². The second kappa shape index (κ2) is 10.4. The number of hydrogen-bond acceptors (Lipinski definition) is 6. The van der Waals surface area contributed by atoms with Crippen molar-refractivity contribution >= 4 is 21.4 Å². The zero-order valence-electron chi connectivity index (χ0n) is 18.5. The van der Waals surface area contributed by atoms with Crippen molar-refractivity contribution in [3.05, 3.63) is 57.8 Å². The molecule has 0 amide bonds. The normalized spacial score (nSPS) is 11.9. The molecule has 9 heteroatoms. The Hall–Kier alpha value is -2.23. The van der Waals surface area contributed by atoms with Crippen LogP contribution >= 0.6 is 11.3 Å². The van der Waals surface area contributed by atoms with Gasteiger partial charge < -0.3 is 4.74 Å². The average molecular weight is 463 g/mol. The van der Waals surface area contributed by atoms with Gasteiger partial charge in [-0.15, -0.1) is 11.3 Å². The summed E-state index contributed by atoms with van der Waals surface area (Å²) < 4.78 is 35.6. The lowest BCUT2D eigenvalue weighted by molar-refractivity contribution is 0.305. The van der Waals surface area contributed by atoms with Gasteiger partial charge in [0.15, 0.2) is 0 Å². The molecule has 0 saturated heterocycles. The van der Waals surface area contributed by atoms with Crippen LogP contribution in [0.3, 0.4) is 0 Å². The lowest BCUT2D eigenvalue weighted by Gasteiger charge is -2.21. The fourth-order valence-electron chi connectivity index (χ4n) is 3.49. The third-order valence-electron chi connectivity index (χ3n) is 4.88. The quantitative estimate of drug-likeness (QED) is 0.422. The maximum atomic E-state index is 13.3. The van der Waals surface area contributed by atoms with Crippen LogP contribution in [-0.4, -0.2) is 40.6 Å². The first-order chi connectivity index (χ1) is 14.9. The largest absolute Gasteiger partial charge is 0.486 e. The van der Waals surface area contributed by atoms with Crippen LogP contribution in [0.4, 0.5) is 0 Å². The summed E-state index contributed by atoms with van der Waals surface area (Å²) >= 11 is 1.52. The minimum Gasteiger partial charge on any atom is -0.486 e. The smallest absolute Gasteiger partial charge is 0.246 e. The van der Waals surface area contributed by atoms with Crippen molar-refractivity contribution in [3.8, 4) is 5.75 Å². The molecule has 2 heterocycles. The standard InChI is InChI=1S/C22H30N4O3S2/c1-5-12-25(13-6-2)31(27,28)22-17(3)24-26(18(22)4)14-19-16-30-21(23-19)15-29-20-10-8-7-9-11-20/h7-11,16H,5-6,12-15H2,1-4H3. The summed E-state index contributed by atoms with van der Waals surface area (Å²) in [5, 5.41) is 7.35. The van der Waals surface area contributed by atoms with Crippen molar-refractivity contribution in [3.63, 3.8) is 0 Å². The number of ether oxygens (including phenoxy) is 1.